The van der Waals surface area contributed by atoms with E-state index in [9.17, 15) is 53.1 Å². The van der Waals surface area contributed by atoms with E-state index in [2.05, 4.69) is 22.3 Å². The standard InChI is InChI=1S/C29H37ClN4O5.C24H29ClN4O3.C24H27ClN2O4/c1-19-13-20(2)15-22(14-19)16-25(36)34-12-11-29(34,6)26(37)33(17-21-7-9-23(30)10-8-21)18-24(35)31-32-27(38)39-28(3,4)5;1-16-10-17(2)12-19(11-16)13-22(31)29-9-8-24(29,3)23(32)28(15-21(30)27-26)14-18-4-6-20(25)7-5-18;1-16-10-17(2)12-19(11-16)13-21(28)27-9-8-24(27,3)23(31)26(15-22(29)30)14-18-4-6-20(25)7-5-18/h7-10,13-15H,11-12,16-18H2,1-6H3,(H,31,35)(H,32,38);4-7,10-12H,8-9,13-15,26H2,1-3H3,(H,27,30);4-7,10-12H,8-9,13-15H2,1-3H3,(H,29,30). The summed E-state index contributed by atoms with van der Waals surface area (Å²) >= 11 is 17.9. The molecule has 6 aromatic carbocycles. The first-order chi connectivity index (χ1) is 47.9. The minimum absolute atomic E-state index is 0.105. The van der Waals surface area contributed by atoms with Crippen molar-refractivity contribution in [2.75, 3.05) is 39.3 Å². The summed E-state index contributed by atoms with van der Waals surface area (Å²) in [4.78, 5) is 137. The molecule has 3 heterocycles. The summed E-state index contributed by atoms with van der Waals surface area (Å²) in [7, 11) is 0. The Balaban J connectivity index is 0.000000216. The van der Waals surface area contributed by atoms with E-state index in [0.717, 1.165) is 66.8 Å². The number of benzene rings is 6. The van der Waals surface area contributed by atoms with Gasteiger partial charge in [-0.05, 0) is 172 Å². The molecule has 544 valence electrons. The molecule has 6 aromatic rings. The molecule has 3 unspecified atom stereocenters. The van der Waals surface area contributed by atoms with E-state index in [1.54, 1.807) is 129 Å². The zero-order valence-corrected chi connectivity index (χ0v) is 62.3. The number of halogens is 3. The van der Waals surface area contributed by atoms with E-state index in [-0.39, 0.29) is 87.4 Å². The van der Waals surface area contributed by atoms with E-state index in [1.807, 2.05) is 90.1 Å². The van der Waals surface area contributed by atoms with Crippen molar-refractivity contribution in [3.63, 3.8) is 0 Å². The number of amides is 9. The number of aliphatic carboxylic acids is 1. The van der Waals surface area contributed by atoms with Gasteiger partial charge in [0.15, 0.2) is 0 Å². The number of nitrogens with two attached hydrogens (primary N) is 1. The van der Waals surface area contributed by atoms with E-state index in [1.165, 1.54) is 14.7 Å². The maximum absolute atomic E-state index is 13.9. The number of nitrogens with one attached hydrogen (secondary N) is 3. The van der Waals surface area contributed by atoms with Crippen LogP contribution in [0.15, 0.2) is 127 Å². The molecule has 22 nitrogen and oxygen atoms in total. The minimum Gasteiger partial charge on any atom is -0.480 e. The first-order valence-corrected chi connectivity index (χ1v) is 34.7. The summed E-state index contributed by atoms with van der Waals surface area (Å²) in [6, 6.07) is 38.9. The molecule has 3 aliphatic heterocycles. The van der Waals surface area contributed by atoms with Crippen LogP contribution in [0.1, 0.15) is 128 Å². The topological polar surface area (TPSA) is 282 Å². The molecule has 3 fully saturated rings. The Bertz CT molecular complexity index is 4030. The van der Waals surface area contributed by atoms with Crippen LogP contribution < -0.4 is 22.1 Å². The van der Waals surface area contributed by atoms with Crippen molar-refractivity contribution in [1.82, 2.24) is 45.7 Å². The molecule has 3 aliphatic rings. The Hall–Kier alpha value is -9.35. The van der Waals surface area contributed by atoms with Gasteiger partial charge in [0.1, 0.15) is 41.9 Å². The van der Waals surface area contributed by atoms with Crippen molar-refractivity contribution < 1.29 is 57.8 Å². The lowest BCUT2D eigenvalue weighted by Gasteiger charge is -2.51. The Morgan fingerprint density at radius 1 is 0.441 bits per heavy atom. The molecule has 0 aliphatic carbocycles. The number of carboxylic acids is 1. The van der Waals surface area contributed by atoms with Crippen LogP contribution in [0.2, 0.25) is 15.1 Å². The molecule has 0 saturated carbocycles. The van der Waals surface area contributed by atoms with Gasteiger partial charge in [-0.1, -0.05) is 159 Å². The lowest BCUT2D eigenvalue weighted by molar-refractivity contribution is -0.165. The highest BCUT2D eigenvalue weighted by molar-refractivity contribution is 6.31. The predicted octanol–water partition coefficient (Wildman–Crippen LogP) is 10.2. The summed E-state index contributed by atoms with van der Waals surface area (Å²) in [5.74, 6) is 1.68. The number of hydrazine groups is 2. The van der Waals surface area contributed by atoms with Gasteiger partial charge in [-0.3, -0.25) is 54.0 Å². The molecular weight excluding hydrogens is 1360 g/mol. The van der Waals surface area contributed by atoms with Crippen LogP contribution in [-0.4, -0.2) is 155 Å². The van der Waals surface area contributed by atoms with Crippen LogP contribution in [-0.2, 0) is 86.8 Å². The molecule has 9 rings (SSSR count). The van der Waals surface area contributed by atoms with Gasteiger partial charge in [0.25, 0.3) is 11.8 Å². The monoisotopic (exact) mass is 1450 g/mol. The zero-order valence-electron chi connectivity index (χ0n) is 60.1. The second-order valence-corrected chi connectivity index (χ2v) is 29.5. The van der Waals surface area contributed by atoms with Crippen LogP contribution in [0.3, 0.4) is 0 Å². The molecule has 102 heavy (non-hydrogen) atoms. The number of nitrogens with zero attached hydrogens (tertiary/aromatic N) is 6. The molecule has 0 radical (unpaired) electrons. The summed E-state index contributed by atoms with van der Waals surface area (Å²) in [5, 5.41) is 11.0. The van der Waals surface area contributed by atoms with Crippen molar-refractivity contribution in [2.24, 2.45) is 5.84 Å². The fourth-order valence-corrected chi connectivity index (χ4v) is 13.3. The first-order valence-electron chi connectivity index (χ1n) is 33.6. The van der Waals surface area contributed by atoms with E-state index in [0.29, 0.717) is 54.0 Å². The number of carbonyl (C=O) groups is 10. The molecular formula is C77H93Cl3N10O12. The quantitative estimate of drug-likeness (QED) is 0.0255. The zero-order chi connectivity index (χ0) is 75.2. The van der Waals surface area contributed by atoms with Crippen LogP contribution >= 0.6 is 34.8 Å². The fraction of sp³-hybridized carbons (Fsp3) is 0.403. The summed E-state index contributed by atoms with van der Waals surface area (Å²) in [6.45, 7) is 23.1. The second kappa shape index (κ2) is 34.5. The van der Waals surface area contributed by atoms with Crippen molar-refractivity contribution in [3.8, 4) is 0 Å². The van der Waals surface area contributed by atoms with Crippen LogP contribution in [0.25, 0.3) is 0 Å². The first kappa shape index (κ1) is 80.0. The van der Waals surface area contributed by atoms with Crippen LogP contribution in [0.4, 0.5) is 4.79 Å². The van der Waals surface area contributed by atoms with E-state index < -0.39 is 52.6 Å². The van der Waals surface area contributed by atoms with Gasteiger partial charge in [0.2, 0.25) is 35.4 Å². The van der Waals surface area contributed by atoms with Gasteiger partial charge in [0, 0.05) is 54.3 Å². The number of rotatable bonds is 21. The molecule has 0 bridgehead atoms. The fourth-order valence-electron chi connectivity index (χ4n) is 12.9. The molecule has 3 atom stereocenters. The molecule has 25 heteroatoms. The third-order valence-corrected chi connectivity index (χ3v) is 18.8. The van der Waals surface area contributed by atoms with Gasteiger partial charge in [-0.2, -0.15) is 0 Å². The number of ether oxygens (including phenoxy) is 1. The molecule has 0 aromatic heterocycles. The highest BCUT2D eigenvalue weighted by Crippen LogP contribution is 2.37. The van der Waals surface area contributed by atoms with Crippen LogP contribution in [0, 0.1) is 41.5 Å². The van der Waals surface area contributed by atoms with E-state index >= 15 is 0 Å². The second-order valence-electron chi connectivity index (χ2n) is 28.2. The third kappa shape index (κ3) is 21.8. The summed E-state index contributed by atoms with van der Waals surface area (Å²) in [6.07, 6.45) is 1.31. The number of carboxylic acid groups (broad SMARTS) is 1. The lowest BCUT2D eigenvalue weighted by atomic mass is 9.84. The SMILES string of the molecule is Cc1cc(C)cc(CC(=O)N2CCC2(C)C(=O)N(CC(=O)NN)Cc2ccc(Cl)cc2)c1.Cc1cc(C)cc(CC(=O)N2CCC2(C)C(=O)N(CC(=O)NNC(=O)OC(C)(C)C)Cc2ccc(Cl)cc2)c1.Cc1cc(C)cc(CC(=O)N2CCC2(C)C(=O)N(CC(=O)O)Cc2ccc(Cl)cc2)c1. The number of hydrogen-bond donors (Lipinski definition) is 5. The number of hydrogen-bond acceptors (Lipinski definition) is 12. The Kier molecular flexibility index (Phi) is 27.1. The number of carbonyl (C=O) groups excluding carboxylic acids is 9. The van der Waals surface area contributed by atoms with Gasteiger partial charge in [-0.15, -0.1) is 0 Å². The van der Waals surface area contributed by atoms with Crippen molar-refractivity contribution >= 4 is 94.1 Å². The Labute approximate surface area is 612 Å². The van der Waals surface area contributed by atoms with Crippen LogP contribution in [0.5, 0.6) is 0 Å². The van der Waals surface area contributed by atoms with Crippen molar-refractivity contribution in [3.05, 3.63) is 209 Å². The normalized spacial score (nSPS) is 17.2. The molecule has 6 N–H and O–H groups in total. The average Bonchev–Trinajstić information content (AvgIpc) is 0.765. The molecule has 9 amide bonds. The van der Waals surface area contributed by atoms with Crippen molar-refractivity contribution in [2.45, 2.75) is 163 Å². The van der Waals surface area contributed by atoms with Gasteiger partial charge < -0.3 is 39.2 Å². The molecule has 0 spiro atoms. The lowest BCUT2D eigenvalue weighted by Crippen LogP contribution is -2.68. The van der Waals surface area contributed by atoms with E-state index in [4.69, 9.17) is 45.4 Å². The predicted molar refractivity (Wildman–Crippen MR) is 391 cm³/mol. The Morgan fingerprint density at radius 2 is 0.716 bits per heavy atom. The van der Waals surface area contributed by atoms with Crippen molar-refractivity contribution in [1.29, 1.82) is 0 Å². The maximum atomic E-state index is 13.9. The van der Waals surface area contributed by atoms with Gasteiger partial charge >= 0.3 is 12.1 Å². The van der Waals surface area contributed by atoms with Gasteiger partial charge in [0.05, 0.1) is 19.3 Å². The molecule has 3 saturated heterocycles. The summed E-state index contributed by atoms with van der Waals surface area (Å²) < 4.78 is 5.13. The highest BCUT2D eigenvalue weighted by Gasteiger charge is 2.53. The highest BCUT2D eigenvalue weighted by atomic mass is 35.5. The minimum atomic E-state index is -1.10. The smallest absolute Gasteiger partial charge is 0.426 e. The average molecular weight is 1460 g/mol. The maximum Gasteiger partial charge on any atom is 0.426 e. The third-order valence-electron chi connectivity index (χ3n) is 18.0. The van der Waals surface area contributed by atoms with Gasteiger partial charge in [-0.25, -0.2) is 16.1 Å². The largest absolute Gasteiger partial charge is 0.480 e. The number of aryl methyl sites for hydroxylation is 6. The number of likely N-dealkylation sites (tertiary alicyclic amines) is 3. The summed E-state index contributed by atoms with van der Waals surface area (Å²) in [5.41, 5.74) is 14.3. The Morgan fingerprint density at radius 3 is 0.961 bits per heavy atom.